The summed E-state index contributed by atoms with van der Waals surface area (Å²) >= 11 is 0. The predicted octanol–water partition coefficient (Wildman–Crippen LogP) is 0.991. The number of amides is 4. The minimum atomic E-state index is -4.43. The predicted molar refractivity (Wildman–Crippen MR) is 87.5 cm³/mol. The number of nitrogens with zero attached hydrogens (tertiary/aromatic N) is 5. The number of halogens is 3. The number of rotatable bonds is 4. The minimum absolute atomic E-state index is 0.00812. The van der Waals surface area contributed by atoms with Gasteiger partial charge in [0.2, 0.25) is 0 Å². The highest BCUT2D eigenvalue weighted by atomic mass is 19.4. The van der Waals surface area contributed by atoms with Crippen molar-refractivity contribution >= 4 is 23.7 Å². The summed E-state index contributed by atoms with van der Waals surface area (Å²) in [6, 6.07) is 1.68. The highest BCUT2D eigenvalue weighted by Gasteiger charge is 2.44. The van der Waals surface area contributed by atoms with Crippen LogP contribution in [0.3, 0.4) is 0 Å². The molecule has 0 N–H and O–H groups in total. The van der Waals surface area contributed by atoms with Gasteiger partial charge in [-0.05, 0) is 19.1 Å². The van der Waals surface area contributed by atoms with Crippen LogP contribution in [0.2, 0.25) is 0 Å². The lowest BCUT2D eigenvalue weighted by Crippen LogP contribution is -2.51. The third-order valence-electron chi connectivity index (χ3n) is 4.56. The summed E-state index contributed by atoms with van der Waals surface area (Å²) < 4.78 is 37.8. The monoisotopic (exact) mass is 385 g/mol. The first-order valence-corrected chi connectivity index (χ1v) is 8.40. The van der Waals surface area contributed by atoms with E-state index in [4.69, 9.17) is 0 Å². The van der Waals surface area contributed by atoms with Gasteiger partial charge in [-0.2, -0.15) is 13.2 Å². The van der Waals surface area contributed by atoms with Crippen LogP contribution in [0.5, 0.6) is 0 Å². The molecule has 0 radical (unpaired) electrons. The first-order valence-electron chi connectivity index (χ1n) is 8.40. The van der Waals surface area contributed by atoms with Gasteiger partial charge in [-0.1, -0.05) is 0 Å². The molecule has 0 aliphatic carbocycles. The van der Waals surface area contributed by atoms with Gasteiger partial charge in [0.25, 0.3) is 0 Å². The molecule has 2 aliphatic heterocycles. The van der Waals surface area contributed by atoms with E-state index in [1.54, 1.807) is 6.92 Å². The molecule has 2 fully saturated rings. The van der Waals surface area contributed by atoms with Crippen LogP contribution >= 0.6 is 0 Å². The molecule has 8 nitrogen and oxygen atoms in total. The number of urea groups is 1. The summed E-state index contributed by atoms with van der Waals surface area (Å²) in [4.78, 5) is 45.1. The second-order valence-electron chi connectivity index (χ2n) is 6.21. The lowest BCUT2D eigenvalue weighted by Gasteiger charge is -2.36. The molecule has 0 saturated carbocycles. The summed E-state index contributed by atoms with van der Waals surface area (Å²) in [6.45, 7) is 3.64. The van der Waals surface area contributed by atoms with E-state index >= 15 is 0 Å². The Kier molecular flexibility index (Phi) is 5.05. The normalized spacial score (nSPS) is 19.4. The van der Waals surface area contributed by atoms with Crippen molar-refractivity contribution in [1.29, 1.82) is 0 Å². The number of alkyl halides is 3. The van der Waals surface area contributed by atoms with E-state index in [1.807, 2.05) is 9.80 Å². The summed E-state index contributed by atoms with van der Waals surface area (Å²) in [5, 5.41) is 0. The summed E-state index contributed by atoms with van der Waals surface area (Å²) in [7, 11) is 0. The molecule has 27 heavy (non-hydrogen) atoms. The maximum atomic E-state index is 12.6. The largest absolute Gasteiger partial charge is 0.417 e. The maximum absolute atomic E-state index is 12.6. The van der Waals surface area contributed by atoms with Crippen molar-refractivity contribution in [3.05, 3.63) is 23.9 Å². The zero-order valence-corrected chi connectivity index (χ0v) is 14.6. The molecule has 11 heteroatoms. The fourth-order valence-electron chi connectivity index (χ4n) is 3.01. The van der Waals surface area contributed by atoms with Gasteiger partial charge < -0.3 is 4.90 Å². The number of hydrogen-bond acceptors (Lipinski definition) is 6. The van der Waals surface area contributed by atoms with Crippen molar-refractivity contribution < 1.29 is 27.6 Å². The van der Waals surface area contributed by atoms with E-state index in [1.165, 1.54) is 6.07 Å². The molecule has 4 amide bonds. The van der Waals surface area contributed by atoms with Crippen LogP contribution in [0, 0.1) is 0 Å². The third-order valence-corrected chi connectivity index (χ3v) is 4.56. The van der Waals surface area contributed by atoms with E-state index < -0.39 is 29.6 Å². The molecule has 0 aromatic carbocycles. The summed E-state index contributed by atoms with van der Waals surface area (Å²) in [5.41, 5.74) is -0.805. The maximum Gasteiger partial charge on any atom is 0.417 e. The van der Waals surface area contributed by atoms with E-state index in [2.05, 4.69) is 4.98 Å². The van der Waals surface area contributed by atoms with Crippen LogP contribution in [0.1, 0.15) is 12.5 Å². The molecular formula is C16H18F3N5O3. The highest BCUT2D eigenvalue weighted by molar-refractivity contribution is 6.44. The van der Waals surface area contributed by atoms with Gasteiger partial charge in [0, 0.05) is 38.9 Å². The number of carbonyl (C=O) groups is 3. The lowest BCUT2D eigenvalue weighted by atomic mass is 10.2. The summed E-state index contributed by atoms with van der Waals surface area (Å²) in [5.74, 6) is -1.23. The zero-order valence-electron chi connectivity index (χ0n) is 14.6. The van der Waals surface area contributed by atoms with Crippen LogP contribution in [0.4, 0.5) is 23.8 Å². The zero-order chi connectivity index (χ0) is 19.8. The number of anilines is 1. The van der Waals surface area contributed by atoms with Crippen LogP contribution in [0.25, 0.3) is 0 Å². The van der Waals surface area contributed by atoms with Crippen molar-refractivity contribution in [3.63, 3.8) is 0 Å². The minimum Gasteiger partial charge on any atom is -0.354 e. The Hall–Kier alpha value is -2.69. The molecule has 1 aromatic heterocycles. The van der Waals surface area contributed by atoms with Crippen molar-refractivity contribution in [1.82, 2.24) is 19.7 Å². The standard InChI is InChI=1S/C16H18F3N5O3/c1-2-23-13(25)14(26)24(15(23)27)10-21-5-7-22(8-6-21)12-4-3-11(9-20-12)16(17,18)19/h3-4,9H,2,5-8,10H2,1H3. The van der Waals surface area contributed by atoms with Crippen LogP contribution in [-0.2, 0) is 15.8 Å². The molecule has 0 unspecified atom stereocenters. The fraction of sp³-hybridized carbons (Fsp3) is 0.500. The van der Waals surface area contributed by atoms with Crippen LogP contribution in [0.15, 0.2) is 18.3 Å². The van der Waals surface area contributed by atoms with Crippen molar-refractivity contribution in [3.8, 4) is 0 Å². The Labute approximate surface area is 153 Å². The van der Waals surface area contributed by atoms with E-state index in [9.17, 15) is 27.6 Å². The smallest absolute Gasteiger partial charge is 0.354 e. The molecule has 0 bridgehead atoms. The molecule has 1 aromatic rings. The lowest BCUT2D eigenvalue weighted by molar-refractivity contribution is -0.143. The molecule has 146 valence electrons. The molecule has 2 saturated heterocycles. The van der Waals surface area contributed by atoms with Crippen LogP contribution in [-0.4, -0.2) is 76.9 Å². The number of likely N-dealkylation sites (N-methyl/N-ethyl adjacent to an activating group) is 1. The van der Waals surface area contributed by atoms with E-state index in [-0.39, 0.29) is 13.2 Å². The van der Waals surface area contributed by atoms with Gasteiger partial charge in [0.15, 0.2) is 0 Å². The van der Waals surface area contributed by atoms with Crippen molar-refractivity contribution in [2.75, 3.05) is 44.3 Å². The van der Waals surface area contributed by atoms with E-state index in [0.717, 1.165) is 22.1 Å². The van der Waals surface area contributed by atoms with E-state index in [0.29, 0.717) is 32.0 Å². The molecular weight excluding hydrogens is 367 g/mol. The average Bonchev–Trinajstić information content (AvgIpc) is 2.85. The van der Waals surface area contributed by atoms with Gasteiger partial charge in [-0.25, -0.2) is 14.7 Å². The number of imide groups is 2. The van der Waals surface area contributed by atoms with Crippen molar-refractivity contribution in [2.24, 2.45) is 0 Å². The molecule has 3 heterocycles. The highest BCUT2D eigenvalue weighted by Crippen LogP contribution is 2.29. The van der Waals surface area contributed by atoms with Gasteiger partial charge in [0.05, 0.1) is 12.2 Å². The first-order chi connectivity index (χ1) is 12.7. The average molecular weight is 385 g/mol. The Balaban J connectivity index is 1.57. The Morgan fingerprint density at radius 1 is 1.00 bits per heavy atom. The number of piperazine rings is 1. The number of hydrogen-bond donors (Lipinski definition) is 0. The van der Waals surface area contributed by atoms with Crippen LogP contribution < -0.4 is 4.90 Å². The van der Waals surface area contributed by atoms with Gasteiger partial charge in [0.1, 0.15) is 5.82 Å². The number of pyridine rings is 1. The Morgan fingerprint density at radius 2 is 1.63 bits per heavy atom. The second kappa shape index (κ2) is 7.14. The van der Waals surface area contributed by atoms with Gasteiger partial charge in [-0.15, -0.1) is 0 Å². The second-order valence-corrected chi connectivity index (χ2v) is 6.21. The Morgan fingerprint density at radius 3 is 2.11 bits per heavy atom. The molecule has 0 atom stereocenters. The fourth-order valence-corrected chi connectivity index (χ4v) is 3.01. The topological polar surface area (TPSA) is 77.1 Å². The molecule has 0 spiro atoms. The molecule has 3 rings (SSSR count). The Bertz CT molecular complexity index is 745. The summed E-state index contributed by atoms with van der Waals surface area (Å²) in [6.07, 6.45) is -3.63. The van der Waals surface area contributed by atoms with Crippen molar-refractivity contribution in [2.45, 2.75) is 13.1 Å². The third kappa shape index (κ3) is 3.72. The molecule has 2 aliphatic rings. The van der Waals surface area contributed by atoms with Gasteiger partial charge in [-0.3, -0.25) is 19.4 Å². The number of aromatic nitrogens is 1. The SMILES string of the molecule is CCN1C(=O)C(=O)N(CN2CCN(c3ccc(C(F)(F)F)cn3)CC2)C1=O. The quantitative estimate of drug-likeness (QED) is 0.568. The number of carbonyl (C=O) groups excluding carboxylic acids is 3. The van der Waals surface area contributed by atoms with Gasteiger partial charge >= 0.3 is 24.0 Å². The first kappa shape index (κ1) is 19.1.